The summed E-state index contributed by atoms with van der Waals surface area (Å²) in [5, 5.41) is 0.752. The van der Waals surface area contributed by atoms with Crippen molar-refractivity contribution in [2.45, 2.75) is 6.61 Å². The Morgan fingerprint density at radius 1 is 0.903 bits per heavy atom. The summed E-state index contributed by atoms with van der Waals surface area (Å²) >= 11 is 19.5. The molecule has 0 saturated carbocycles. The molecule has 156 valence electrons. The van der Waals surface area contributed by atoms with E-state index in [4.69, 9.17) is 39.5 Å². The fraction of sp³-hybridized carbons (Fsp3) is 0.0435. The minimum atomic E-state index is -0.422. The number of hydrogen-bond donors (Lipinski definition) is 0. The Morgan fingerprint density at radius 2 is 1.55 bits per heavy atom. The Kier molecular flexibility index (Phi) is 6.58. The van der Waals surface area contributed by atoms with Crippen LogP contribution in [0.3, 0.4) is 0 Å². The molecule has 1 aliphatic rings. The van der Waals surface area contributed by atoms with Crippen LogP contribution in [-0.4, -0.2) is 11.1 Å². The van der Waals surface area contributed by atoms with E-state index in [0.29, 0.717) is 38.7 Å². The average Bonchev–Trinajstić information content (AvgIpc) is 3.02. The largest absolute Gasteiger partial charge is 0.486 e. The molecular weight excluding hydrogens is 477 g/mol. The molecule has 3 aromatic rings. The fourth-order valence-corrected chi connectivity index (χ4v) is 4.54. The Morgan fingerprint density at radius 3 is 2.19 bits per heavy atom. The lowest BCUT2D eigenvalue weighted by molar-refractivity contribution is -0.113. The van der Waals surface area contributed by atoms with Gasteiger partial charge in [0.05, 0.1) is 20.6 Å². The Labute approximate surface area is 198 Å². The first-order valence-electron chi connectivity index (χ1n) is 9.11. The number of benzene rings is 3. The summed E-state index contributed by atoms with van der Waals surface area (Å²) in [6.07, 6.45) is 1.58. The molecule has 0 aromatic heterocycles. The van der Waals surface area contributed by atoms with Gasteiger partial charge in [0, 0.05) is 5.02 Å². The lowest BCUT2D eigenvalue weighted by atomic mass is 10.2. The highest BCUT2D eigenvalue weighted by atomic mass is 35.5. The van der Waals surface area contributed by atoms with Crippen LogP contribution in [0.4, 0.5) is 10.5 Å². The van der Waals surface area contributed by atoms with Gasteiger partial charge in [-0.3, -0.25) is 9.59 Å². The van der Waals surface area contributed by atoms with E-state index in [-0.39, 0.29) is 4.91 Å². The zero-order chi connectivity index (χ0) is 22.0. The Hall–Kier alpha value is -2.44. The first-order chi connectivity index (χ1) is 14.9. The zero-order valence-corrected chi connectivity index (χ0v) is 18.9. The van der Waals surface area contributed by atoms with Crippen molar-refractivity contribution in [2.24, 2.45) is 0 Å². The average molecular weight is 491 g/mol. The third kappa shape index (κ3) is 4.91. The van der Waals surface area contributed by atoms with Crippen LogP contribution < -0.4 is 9.64 Å². The molecule has 1 fully saturated rings. The molecule has 3 aromatic carbocycles. The first kappa shape index (κ1) is 21.8. The third-order valence-electron chi connectivity index (χ3n) is 4.42. The van der Waals surface area contributed by atoms with E-state index in [1.165, 1.54) is 0 Å². The minimum absolute atomic E-state index is 0.269. The van der Waals surface area contributed by atoms with Crippen molar-refractivity contribution in [2.75, 3.05) is 4.90 Å². The molecule has 4 nitrogen and oxygen atoms in total. The maximum Gasteiger partial charge on any atom is 0.298 e. The third-order valence-corrected chi connectivity index (χ3v) is 6.11. The number of ether oxygens (including phenoxy) is 1. The van der Waals surface area contributed by atoms with Crippen LogP contribution in [0.25, 0.3) is 6.08 Å². The minimum Gasteiger partial charge on any atom is -0.486 e. The van der Waals surface area contributed by atoms with E-state index in [9.17, 15) is 9.59 Å². The number of halogens is 3. The van der Waals surface area contributed by atoms with Crippen molar-refractivity contribution >= 4 is 69.5 Å². The molecule has 0 atom stereocenters. The number of thioether (sulfide) groups is 1. The quantitative estimate of drug-likeness (QED) is 0.348. The van der Waals surface area contributed by atoms with Crippen molar-refractivity contribution < 1.29 is 14.3 Å². The highest BCUT2D eigenvalue weighted by Gasteiger charge is 2.36. The Balaban J connectivity index is 1.55. The van der Waals surface area contributed by atoms with E-state index in [1.807, 2.05) is 30.3 Å². The van der Waals surface area contributed by atoms with Gasteiger partial charge >= 0.3 is 0 Å². The summed E-state index contributed by atoms with van der Waals surface area (Å²) in [5.74, 6) is -0.0624. The predicted octanol–water partition coefficient (Wildman–Crippen LogP) is 7.47. The SMILES string of the molecule is O=C1S/C(=C/c2cc(Cl)c(OCc3ccccc3)c(Cl)c2)C(=O)N1c1ccc(Cl)cc1. The summed E-state index contributed by atoms with van der Waals surface area (Å²) in [7, 11) is 0. The molecule has 1 aliphatic heterocycles. The fourth-order valence-electron chi connectivity index (χ4n) is 2.96. The molecular formula is C23H14Cl3NO3S. The number of carbonyl (C=O) groups is 2. The van der Waals surface area contributed by atoms with Crippen LogP contribution in [-0.2, 0) is 11.4 Å². The maximum absolute atomic E-state index is 12.8. The lowest BCUT2D eigenvalue weighted by Crippen LogP contribution is -2.27. The highest BCUT2D eigenvalue weighted by Crippen LogP contribution is 2.39. The molecule has 31 heavy (non-hydrogen) atoms. The molecule has 0 aliphatic carbocycles. The van der Waals surface area contributed by atoms with E-state index in [1.54, 1.807) is 42.5 Å². The standard InChI is InChI=1S/C23H14Cl3NO3S/c24-16-6-8-17(9-7-16)27-22(28)20(31-23(27)29)12-15-10-18(25)21(19(26)11-15)30-13-14-4-2-1-3-5-14/h1-12H,13H2/b20-12+. The van der Waals surface area contributed by atoms with Gasteiger partial charge in [-0.25, -0.2) is 4.90 Å². The van der Waals surface area contributed by atoms with Gasteiger partial charge < -0.3 is 4.74 Å². The number of carbonyl (C=O) groups excluding carboxylic acids is 2. The van der Waals surface area contributed by atoms with E-state index in [0.717, 1.165) is 22.2 Å². The molecule has 2 amide bonds. The number of rotatable bonds is 5. The van der Waals surface area contributed by atoms with Crippen molar-refractivity contribution in [3.8, 4) is 5.75 Å². The molecule has 0 bridgehead atoms. The summed E-state index contributed by atoms with van der Waals surface area (Å²) < 4.78 is 5.77. The molecule has 1 heterocycles. The molecule has 0 N–H and O–H groups in total. The van der Waals surface area contributed by atoms with Gasteiger partial charge in [0.15, 0.2) is 5.75 Å². The van der Waals surface area contributed by atoms with Crippen LogP contribution in [0.1, 0.15) is 11.1 Å². The van der Waals surface area contributed by atoms with Crippen LogP contribution >= 0.6 is 46.6 Å². The molecule has 0 radical (unpaired) electrons. The molecule has 1 saturated heterocycles. The first-order valence-corrected chi connectivity index (χ1v) is 11.1. The van der Waals surface area contributed by atoms with Crippen LogP contribution in [0.2, 0.25) is 15.1 Å². The van der Waals surface area contributed by atoms with Crippen molar-refractivity contribution in [1.29, 1.82) is 0 Å². The summed E-state index contributed by atoms with van der Waals surface area (Å²) in [5.41, 5.74) is 2.02. The number of anilines is 1. The summed E-state index contributed by atoms with van der Waals surface area (Å²) in [6, 6.07) is 19.4. The number of nitrogens with zero attached hydrogens (tertiary/aromatic N) is 1. The van der Waals surface area contributed by atoms with Gasteiger partial charge in [-0.15, -0.1) is 0 Å². The monoisotopic (exact) mass is 489 g/mol. The van der Waals surface area contributed by atoms with E-state index < -0.39 is 11.1 Å². The summed E-state index contributed by atoms with van der Waals surface area (Å²) in [6.45, 7) is 0.319. The Bertz CT molecular complexity index is 1160. The van der Waals surface area contributed by atoms with Gasteiger partial charge in [-0.05, 0) is 65.4 Å². The van der Waals surface area contributed by atoms with Gasteiger partial charge in [-0.2, -0.15) is 0 Å². The van der Waals surface area contributed by atoms with Gasteiger partial charge in [0.1, 0.15) is 6.61 Å². The predicted molar refractivity (Wildman–Crippen MR) is 127 cm³/mol. The normalized spacial score (nSPS) is 15.1. The smallest absolute Gasteiger partial charge is 0.298 e. The van der Waals surface area contributed by atoms with Gasteiger partial charge in [0.2, 0.25) is 0 Å². The van der Waals surface area contributed by atoms with Gasteiger partial charge in [-0.1, -0.05) is 65.1 Å². The topological polar surface area (TPSA) is 46.6 Å². The molecule has 4 rings (SSSR count). The van der Waals surface area contributed by atoms with Gasteiger partial charge in [0.25, 0.3) is 11.1 Å². The lowest BCUT2D eigenvalue weighted by Gasteiger charge is -2.12. The van der Waals surface area contributed by atoms with E-state index >= 15 is 0 Å². The zero-order valence-electron chi connectivity index (χ0n) is 15.8. The van der Waals surface area contributed by atoms with Crippen LogP contribution in [0.15, 0.2) is 71.6 Å². The van der Waals surface area contributed by atoms with Crippen LogP contribution in [0.5, 0.6) is 5.75 Å². The molecule has 8 heteroatoms. The number of hydrogen-bond acceptors (Lipinski definition) is 4. The number of imide groups is 1. The second-order valence-corrected chi connectivity index (χ2v) is 8.83. The second kappa shape index (κ2) is 9.37. The van der Waals surface area contributed by atoms with Crippen molar-refractivity contribution in [3.63, 3.8) is 0 Å². The highest BCUT2D eigenvalue weighted by molar-refractivity contribution is 8.19. The van der Waals surface area contributed by atoms with Crippen molar-refractivity contribution in [1.82, 2.24) is 0 Å². The summed E-state index contributed by atoms with van der Waals surface area (Å²) in [4.78, 5) is 26.6. The maximum atomic E-state index is 12.8. The molecule has 0 unspecified atom stereocenters. The van der Waals surface area contributed by atoms with E-state index in [2.05, 4.69) is 0 Å². The number of amides is 2. The van der Waals surface area contributed by atoms with Crippen molar-refractivity contribution in [3.05, 3.63) is 97.8 Å². The second-order valence-electron chi connectivity index (χ2n) is 6.58. The molecule has 0 spiro atoms. The van der Waals surface area contributed by atoms with Crippen LogP contribution in [0, 0.1) is 0 Å².